The molecule has 92 valence electrons. The van der Waals surface area contributed by atoms with Crippen molar-refractivity contribution in [2.75, 3.05) is 13.2 Å². The predicted molar refractivity (Wildman–Crippen MR) is 53.2 cm³/mol. The van der Waals surface area contributed by atoms with Gasteiger partial charge in [0.25, 0.3) is 0 Å². The summed E-state index contributed by atoms with van der Waals surface area (Å²) in [4.78, 5) is 0. The van der Waals surface area contributed by atoms with Gasteiger partial charge >= 0.3 is 0 Å². The molecule has 0 bridgehead atoms. The number of terminal acetylenes is 1. The SMILES string of the molecule is C#CCCOC1OC(CO)C(O)C(O)C1O. The van der Waals surface area contributed by atoms with Gasteiger partial charge in [-0.15, -0.1) is 12.3 Å². The van der Waals surface area contributed by atoms with E-state index in [4.69, 9.17) is 21.0 Å². The summed E-state index contributed by atoms with van der Waals surface area (Å²) in [5, 5.41) is 37.3. The Balaban J connectivity index is 2.54. The largest absolute Gasteiger partial charge is 0.394 e. The Labute approximate surface area is 93.4 Å². The van der Waals surface area contributed by atoms with E-state index in [0.717, 1.165) is 0 Å². The molecule has 0 amide bonds. The number of rotatable bonds is 4. The Morgan fingerprint density at radius 1 is 1.19 bits per heavy atom. The molecular formula is C10H16O6. The van der Waals surface area contributed by atoms with Gasteiger partial charge in [-0.1, -0.05) is 0 Å². The predicted octanol–water partition coefficient (Wildman–Crippen LogP) is -2.17. The second-order valence-electron chi connectivity index (χ2n) is 3.52. The van der Waals surface area contributed by atoms with E-state index < -0.39 is 37.3 Å². The molecule has 1 aliphatic heterocycles. The van der Waals surface area contributed by atoms with E-state index in [1.807, 2.05) is 0 Å². The van der Waals surface area contributed by atoms with Crippen LogP contribution < -0.4 is 0 Å². The molecule has 0 saturated carbocycles. The second kappa shape index (κ2) is 6.15. The molecule has 4 N–H and O–H groups in total. The summed E-state index contributed by atoms with van der Waals surface area (Å²) in [6.07, 6.45) is -0.831. The minimum absolute atomic E-state index is 0.166. The molecular weight excluding hydrogens is 216 g/mol. The molecule has 0 aromatic carbocycles. The Kier molecular flexibility index (Phi) is 5.15. The van der Waals surface area contributed by atoms with Gasteiger partial charge in [0.15, 0.2) is 6.29 Å². The molecule has 1 saturated heterocycles. The normalized spacial score (nSPS) is 39.3. The van der Waals surface area contributed by atoms with E-state index in [-0.39, 0.29) is 6.61 Å². The molecule has 0 spiro atoms. The highest BCUT2D eigenvalue weighted by Crippen LogP contribution is 2.21. The fourth-order valence-electron chi connectivity index (χ4n) is 1.44. The summed E-state index contributed by atoms with van der Waals surface area (Å²) in [7, 11) is 0. The van der Waals surface area contributed by atoms with Gasteiger partial charge in [-0.05, 0) is 0 Å². The van der Waals surface area contributed by atoms with Crippen molar-refractivity contribution in [3.05, 3.63) is 0 Å². The molecule has 6 nitrogen and oxygen atoms in total. The van der Waals surface area contributed by atoms with Crippen LogP contribution in [0, 0.1) is 12.3 Å². The number of aliphatic hydroxyl groups is 4. The van der Waals surface area contributed by atoms with E-state index in [1.54, 1.807) is 0 Å². The standard InChI is InChI=1S/C10H16O6/c1-2-3-4-15-10-9(14)8(13)7(12)6(5-11)16-10/h1,6-14H,3-5H2. The van der Waals surface area contributed by atoms with Crippen LogP contribution in [-0.4, -0.2) is 64.3 Å². The first-order chi connectivity index (χ1) is 7.61. The molecule has 1 heterocycles. The van der Waals surface area contributed by atoms with Crippen LogP contribution >= 0.6 is 0 Å². The molecule has 5 unspecified atom stereocenters. The first kappa shape index (κ1) is 13.4. The lowest BCUT2D eigenvalue weighted by Gasteiger charge is -2.39. The van der Waals surface area contributed by atoms with Gasteiger partial charge < -0.3 is 29.9 Å². The third kappa shape index (κ3) is 2.92. The van der Waals surface area contributed by atoms with E-state index in [0.29, 0.717) is 6.42 Å². The van der Waals surface area contributed by atoms with Crippen molar-refractivity contribution >= 4 is 0 Å². The smallest absolute Gasteiger partial charge is 0.186 e. The lowest BCUT2D eigenvalue weighted by molar-refractivity contribution is -0.300. The number of ether oxygens (including phenoxy) is 2. The number of aliphatic hydroxyl groups excluding tert-OH is 4. The van der Waals surface area contributed by atoms with E-state index in [9.17, 15) is 15.3 Å². The Morgan fingerprint density at radius 2 is 1.88 bits per heavy atom. The van der Waals surface area contributed by atoms with Gasteiger partial charge in [-0.3, -0.25) is 0 Å². The van der Waals surface area contributed by atoms with E-state index in [1.165, 1.54) is 0 Å². The molecule has 1 fully saturated rings. The third-order valence-corrected chi connectivity index (χ3v) is 2.38. The van der Waals surface area contributed by atoms with Gasteiger partial charge in [-0.25, -0.2) is 0 Å². The molecule has 5 atom stereocenters. The highest BCUT2D eigenvalue weighted by molar-refractivity contribution is 4.89. The highest BCUT2D eigenvalue weighted by atomic mass is 16.7. The fraction of sp³-hybridized carbons (Fsp3) is 0.800. The zero-order chi connectivity index (χ0) is 12.1. The molecule has 0 aromatic heterocycles. The van der Waals surface area contributed by atoms with Crippen molar-refractivity contribution in [1.29, 1.82) is 0 Å². The van der Waals surface area contributed by atoms with Gasteiger partial charge in [0.1, 0.15) is 24.4 Å². The van der Waals surface area contributed by atoms with Gasteiger partial charge in [-0.2, -0.15) is 0 Å². The van der Waals surface area contributed by atoms with Crippen LogP contribution in [0.5, 0.6) is 0 Å². The summed E-state index contributed by atoms with van der Waals surface area (Å²) < 4.78 is 10.2. The third-order valence-electron chi connectivity index (χ3n) is 2.38. The molecule has 0 radical (unpaired) electrons. The molecule has 1 aliphatic rings. The van der Waals surface area contributed by atoms with Crippen molar-refractivity contribution < 1.29 is 29.9 Å². The van der Waals surface area contributed by atoms with Crippen molar-refractivity contribution in [3.8, 4) is 12.3 Å². The molecule has 6 heteroatoms. The summed E-state index contributed by atoms with van der Waals surface area (Å²) >= 11 is 0. The molecule has 1 rings (SSSR count). The topological polar surface area (TPSA) is 99.4 Å². The van der Waals surface area contributed by atoms with Gasteiger partial charge in [0.05, 0.1) is 13.2 Å². The summed E-state index contributed by atoms with van der Waals surface area (Å²) in [5.41, 5.74) is 0. The van der Waals surface area contributed by atoms with Gasteiger partial charge in [0.2, 0.25) is 0 Å². The van der Waals surface area contributed by atoms with Crippen molar-refractivity contribution in [2.24, 2.45) is 0 Å². The quantitative estimate of drug-likeness (QED) is 0.325. The lowest BCUT2D eigenvalue weighted by Crippen LogP contribution is -2.59. The number of hydrogen-bond donors (Lipinski definition) is 4. The average molecular weight is 232 g/mol. The first-order valence-electron chi connectivity index (χ1n) is 4.97. The Morgan fingerprint density at radius 3 is 2.44 bits per heavy atom. The van der Waals surface area contributed by atoms with Crippen LogP contribution in [0.25, 0.3) is 0 Å². The van der Waals surface area contributed by atoms with Crippen LogP contribution in [0.2, 0.25) is 0 Å². The molecule has 16 heavy (non-hydrogen) atoms. The monoisotopic (exact) mass is 232 g/mol. The fourth-order valence-corrected chi connectivity index (χ4v) is 1.44. The van der Waals surface area contributed by atoms with Crippen LogP contribution in [0.4, 0.5) is 0 Å². The van der Waals surface area contributed by atoms with Crippen LogP contribution in [0.3, 0.4) is 0 Å². The van der Waals surface area contributed by atoms with Crippen molar-refractivity contribution in [1.82, 2.24) is 0 Å². The zero-order valence-electron chi connectivity index (χ0n) is 8.69. The second-order valence-corrected chi connectivity index (χ2v) is 3.52. The van der Waals surface area contributed by atoms with E-state index >= 15 is 0 Å². The summed E-state index contributed by atoms with van der Waals surface area (Å²) in [6, 6.07) is 0. The van der Waals surface area contributed by atoms with Crippen LogP contribution in [-0.2, 0) is 9.47 Å². The average Bonchev–Trinajstić information content (AvgIpc) is 2.29. The summed E-state index contributed by atoms with van der Waals surface area (Å²) in [6.45, 7) is -0.306. The lowest BCUT2D eigenvalue weighted by atomic mass is 9.99. The van der Waals surface area contributed by atoms with Gasteiger partial charge in [0, 0.05) is 6.42 Å². The number of hydrogen-bond acceptors (Lipinski definition) is 6. The van der Waals surface area contributed by atoms with Crippen LogP contribution in [0.15, 0.2) is 0 Å². The Hall–Kier alpha value is -0.680. The maximum absolute atomic E-state index is 9.53. The molecule has 0 aliphatic carbocycles. The van der Waals surface area contributed by atoms with Crippen molar-refractivity contribution in [3.63, 3.8) is 0 Å². The highest BCUT2D eigenvalue weighted by Gasteiger charge is 2.43. The van der Waals surface area contributed by atoms with Crippen molar-refractivity contribution in [2.45, 2.75) is 37.1 Å². The van der Waals surface area contributed by atoms with E-state index in [2.05, 4.69) is 5.92 Å². The maximum Gasteiger partial charge on any atom is 0.186 e. The first-order valence-corrected chi connectivity index (χ1v) is 4.97. The zero-order valence-corrected chi connectivity index (χ0v) is 8.69. The minimum atomic E-state index is -1.42. The minimum Gasteiger partial charge on any atom is -0.394 e. The summed E-state index contributed by atoms with van der Waals surface area (Å²) in [5.74, 6) is 2.34. The maximum atomic E-state index is 9.53. The molecule has 0 aromatic rings. The Bertz CT molecular complexity index is 248. The van der Waals surface area contributed by atoms with Crippen LogP contribution in [0.1, 0.15) is 6.42 Å².